The second kappa shape index (κ2) is 7.54. The summed E-state index contributed by atoms with van der Waals surface area (Å²) in [5, 5.41) is 25.6. The highest BCUT2D eigenvalue weighted by Gasteiger charge is 2.06. The molecule has 0 spiro atoms. The number of carboxylic acid groups (broad SMARTS) is 1. The van der Waals surface area contributed by atoms with Crippen molar-refractivity contribution < 1.29 is 9.90 Å². The van der Waals surface area contributed by atoms with Crippen LogP contribution in [0.25, 0.3) is 0 Å². The van der Waals surface area contributed by atoms with E-state index < -0.39 is 5.97 Å². The number of carboxylic acids is 1. The van der Waals surface area contributed by atoms with Gasteiger partial charge in [-0.05, 0) is 6.42 Å². The Balaban J connectivity index is 4.36. The Morgan fingerprint density at radius 2 is 1.93 bits per heavy atom. The van der Waals surface area contributed by atoms with E-state index in [2.05, 4.69) is 0 Å². The number of nitriles is 2. The number of carbonyl (C=O) groups is 1. The lowest BCUT2D eigenvalue weighted by Gasteiger charge is -2.12. The van der Waals surface area contributed by atoms with E-state index >= 15 is 0 Å². The van der Waals surface area contributed by atoms with Crippen LogP contribution in [-0.4, -0.2) is 35.6 Å². The quantitative estimate of drug-likeness (QED) is 0.513. The van der Waals surface area contributed by atoms with E-state index in [9.17, 15) is 4.79 Å². The molecule has 0 aliphatic heterocycles. The van der Waals surface area contributed by atoms with Crippen LogP contribution >= 0.6 is 0 Å². The third-order valence-electron chi connectivity index (χ3n) is 1.84. The number of aliphatic carboxylic acids is 1. The fourth-order valence-corrected chi connectivity index (χ4v) is 1.01. The average Bonchev–Trinajstić information content (AvgIpc) is 2.18. The van der Waals surface area contributed by atoms with Crippen molar-refractivity contribution in [3.63, 3.8) is 0 Å². The van der Waals surface area contributed by atoms with Gasteiger partial charge in [0.25, 0.3) is 0 Å². The summed E-state index contributed by atoms with van der Waals surface area (Å²) in [6.45, 7) is 2.32. The van der Waals surface area contributed by atoms with Gasteiger partial charge in [-0.15, -0.1) is 0 Å². The molecule has 0 aromatic heterocycles. The Hall–Kier alpha value is -1.85. The minimum atomic E-state index is -0.952. The van der Waals surface area contributed by atoms with Gasteiger partial charge in [-0.3, -0.25) is 4.90 Å². The number of hydrogen-bond acceptors (Lipinski definition) is 4. The molecule has 0 saturated heterocycles. The molecule has 0 unspecified atom stereocenters. The van der Waals surface area contributed by atoms with Crippen molar-refractivity contribution in [1.82, 2.24) is 4.90 Å². The number of nitrogens with zero attached hydrogens (tertiary/aromatic N) is 3. The summed E-state index contributed by atoms with van der Waals surface area (Å²) in [6.07, 6.45) is 1.97. The predicted molar refractivity (Wildman–Crippen MR) is 53.7 cm³/mol. The molecule has 0 radical (unpaired) electrons. The Bertz CT molecular complexity index is 307. The topological polar surface area (TPSA) is 88.1 Å². The van der Waals surface area contributed by atoms with Gasteiger partial charge in [0.1, 0.15) is 0 Å². The zero-order chi connectivity index (χ0) is 11.7. The summed E-state index contributed by atoms with van der Waals surface area (Å²) >= 11 is 0. The first-order valence-electron chi connectivity index (χ1n) is 4.54. The Morgan fingerprint density at radius 3 is 2.27 bits per heavy atom. The van der Waals surface area contributed by atoms with E-state index in [1.54, 1.807) is 11.8 Å². The highest BCUT2D eigenvalue weighted by atomic mass is 16.4. The molecule has 5 heteroatoms. The molecule has 0 aliphatic carbocycles. The summed E-state index contributed by atoms with van der Waals surface area (Å²) < 4.78 is 0. The van der Waals surface area contributed by atoms with Gasteiger partial charge in [0.05, 0.1) is 25.2 Å². The van der Waals surface area contributed by atoms with Crippen molar-refractivity contribution in [2.24, 2.45) is 0 Å². The highest BCUT2D eigenvalue weighted by molar-refractivity contribution is 5.86. The van der Waals surface area contributed by atoms with Gasteiger partial charge in [-0.2, -0.15) is 10.5 Å². The molecule has 0 atom stereocenters. The molecule has 1 N–H and O–H groups in total. The normalized spacial score (nSPS) is 10.8. The Morgan fingerprint density at radius 1 is 1.40 bits per heavy atom. The van der Waals surface area contributed by atoms with Crippen molar-refractivity contribution >= 4 is 5.97 Å². The van der Waals surface area contributed by atoms with Crippen LogP contribution in [-0.2, 0) is 4.79 Å². The Kier molecular flexibility index (Phi) is 6.61. The second-order valence-electron chi connectivity index (χ2n) is 2.87. The largest absolute Gasteiger partial charge is 0.478 e. The van der Waals surface area contributed by atoms with Gasteiger partial charge in [0.2, 0.25) is 0 Å². The van der Waals surface area contributed by atoms with Crippen molar-refractivity contribution in [3.05, 3.63) is 11.6 Å². The van der Waals surface area contributed by atoms with E-state index in [1.807, 2.05) is 12.1 Å². The summed E-state index contributed by atoms with van der Waals surface area (Å²) in [4.78, 5) is 12.2. The molecular weight excluding hydrogens is 194 g/mol. The molecule has 5 nitrogen and oxygen atoms in total. The van der Waals surface area contributed by atoms with Crippen LogP contribution in [0.15, 0.2) is 11.6 Å². The van der Waals surface area contributed by atoms with E-state index in [-0.39, 0.29) is 13.1 Å². The molecular formula is C10H13N3O2. The lowest BCUT2D eigenvalue weighted by Crippen LogP contribution is -2.25. The molecule has 0 fully saturated rings. The number of hydrogen-bond donors (Lipinski definition) is 1. The predicted octanol–water partition coefficient (Wildman–Crippen LogP) is 0.757. The Labute approximate surface area is 88.8 Å². The molecule has 15 heavy (non-hydrogen) atoms. The third kappa shape index (κ3) is 5.45. The van der Waals surface area contributed by atoms with Crippen LogP contribution in [0.3, 0.4) is 0 Å². The smallest absolute Gasteiger partial charge is 0.331 e. The minimum Gasteiger partial charge on any atom is -0.478 e. The van der Waals surface area contributed by atoms with Gasteiger partial charge in [-0.1, -0.05) is 13.0 Å². The zero-order valence-electron chi connectivity index (χ0n) is 8.60. The first-order valence-corrected chi connectivity index (χ1v) is 4.54. The maximum absolute atomic E-state index is 10.6. The molecule has 0 aromatic rings. The van der Waals surface area contributed by atoms with Crippen molar-refractivity contribution in [2.75, 3.05) is 19.6 Å². The summed E-state index contributed by atoms with van der Waals surface area (Å²) in [5.41, 5.74) is 0.302. The van der Waals surface area contributed by atoms with Gasteiger partial charge >= 0.3 is 5.97 Å². The maximum Gasteiger partial charge on any atom is 0.331 e. The van der Waals surface area contributed by atoms with Crippen LogP contribution in [0.4, 0.5) is 0 Å². The molecule has 80 valence electrons. The summed E-state index contributed by atoms with van der Waals surface area (Å²) in [5.74, 6) is -0.952. The minimum absolute atomic E-state index is 0.126. The first kappa shape index (κ1) is 13.2. The lowest BCUT2D eigenvalue weighted by atomic mass is 10.2. The SMILES string of the molecule is CCC(=CCN(CC#N)CC#N)C(=O)O. The van der Waals surface area contributed by atoms with Crippen LogP contribution in [0.5, 0.6) is 0 Å². The molecule has 0 aromatic carbocycles. The van der Waals surface area contributed by atoms with Crippen LogP contribution < -0.4 is 0 Å². The van der Waals surface area contributed by atoms with Crippen LogP contribution in [0.1, 0.15) is 13.3 Å². The molecule has 0 rings (SSSR count). The standard InChI is InChI=1S/C10H13N3O2/c1-2-9(10(14)15)3-6-13(7-4-11)8-5-12/h3H,2,6-8H2,1H3,(H,14,15). The highest BCUT2D eigenvalue weighted by Crippen LogP contribution is 2.01. The average molecular weight is 207 g/mol. The van der Waals surface area contributed by atoms with E-state index in [1.165, 1.54) is 6.08 Å². The molecule has 0 amide bonds. The van der Waals surface area contributed by atoms with Gasteiger partial charge < -0.3 is 5.11 Å². The number of rotatable bonds is 6. The van der Waals surface area contributed by atoms with Crippen molar-refractivity contribution in [3.8, 4) is 12.1 Å². The lowest BCUT2D eigenvalue weighted by molar-refractivity contribution is -0.132. The van der Waals surface area contributed by atoms with Gasteiger partial charge in [-0.25, -0.2) is 4.79 Å². The molecule has 0 bridgehead atoms. The van der Waals surface area contributed by atoms with Crippen LogP contribution in [0, 0.1) is 22.7 Å². The fourth-order valence-electron chi connectivity index (χ4n) is 1.01. The van der Waals surface area contributed by atoms with E-state index in [0.29, 0.717) is 18.5 Å². The molecule has 0 saturated carbocycles. The van der Waals surface area contributed by atoms with Gasteiger partial charge in [0.15, 0.2) is 0 Å². The fraction of sp³-hybridized carbons (Fsp3) is 0.500. The van der Waals surface area contributed by atoms with Crippen molar-refractivity contribution in [2.45, 2.75) is 13.3 Å². The van der Waals surface area contributed by atoms with Gasteiger partial charge in [0, 0.05) is 12.1 Å². The van der Waals surface area contributed by atoms with E-state index in [4.69, 9.17) is 15.6 Å². The molecule has 0 aliphatic rings. The first-order chi connectivity index (χ1) is 7.15. The summed E-state index contributed by atoms with van der Waals surface area (Å²) in [6, 6.07) is 3.84. The third-order valence-corrected chi connectivity index (χ3v) is 1.84. The van der Waals surface area contributed by atoms with Crippen LogP contribution in [0.2, 0.25) is 0 Å². The van der Waals surface area contributed by atoms with E-state index in [0.717, 1.165) is 0 Å². The maximum atomic E-state index is 10.6. The zero-order valence-corrected chi connectivity index (χ0v) is 8.60. The van der Waals surface area contributed by atoms with Crippen molar-refractivity contribution in [1.29, 1.82) is 10.5 Å². The summed E-state index contributed by atoms with van der Waals surface area (Å²) in [7, 11) is 0. The second-order valence-corrected chi connectivity index (χ2v) is 2.87. The molecule has 0 heterocycles. The monoisotopic (exact) mass is 207 g/mol.